The maximum Gasteiger partial charge on any atom is 0.800 e. The third-order valence-electron chi connectivity index (χ3n) is 18.3. The lowest BCUT2D eigenvalue weighted by Crippen LogP contribution is -2.61. The van der Waals surface area contributed by atoms with Crippen molar-refractivity contribution in [2.45, 2.75) is 13.1 Å². The predicted octanol–water partition coefficient (Wildman–Crippen LogP) is 15.2. The first-order valence-electron chi connectivity index (χ1n) is 33.5. The lowest BCUT2D eigenvalue weighted by atomic mass is 10.1. The number of benzene rings is 8. The van der Waals surface area contributed by atoms with Crippen molar-refractivity contribution < 1.29 is 46.2 Å². The first-order valence-corrected chi connectivity index (χ1v) is 41.3. The topological polar surface area (TPSA) is 196 Å². The SMILES string of the molecule is C=C[Si](C)([O][Al]1[n]2c3c4ccccc4c2N=C2N=C(N=c4c5ccccc5c([n]41)=NC1=NC(=N3)c3ccccc31)c1ccccc12)O[Si](C)(C=C)[O][Al]1[n]2c3c4ccccc4c2N=C2N=C(N=c4c5ccccc5c([n]41)=NC1=NC(=N3)c3ccccc31)c1ccccc12.CF.CF.CF.CF.CF.CF.CF.CF. The van der Waals surface area contributed by atoms with Crippen molar-refractivity contribution >= 4 is 160 Å². The Hall–Kier alpha value is -11.2. The van der Waals surface area contributed by atoms with E-state index in [2.05, 4.69) is 75.9 Å². The predicted molar refractivity (Wildman–Crippen MR) is 425 cm³/mol. The molecule has 12 heterocycles. The van der Waals surface area contributed by atoms with Gasteiger partial charge in [0.05, 0.1) is 57.4 Å². The van der Waals surface area contributed by atoms with Crippen molar-refractivity contribution in [3.63, 3.8) is 0 Å². The maximum atomic E-state index is 9.50. The number of amidine groups is 8. The van der Waals surface area contributed by atoms with Gasteiger partial charge >= 0.3 is 47.0 Å². The summed E-state index contributed by atoms with van der Waals surface area (Å²) in [5.74, 6) is 6.48. The fourth-order valence-electron chi connectivity index (χ4n) is 14.0. The van der Waals surface area contributed by atoms with E-state index in [-0.39, 0.29) is 0 Å². The van der Waals surface area contributed by atoms with Gasteiger partial charge in [-0.1, -0.05) is 206 Å². The fraction of sp³-hybridized carbons (Fsp3) is 0.128. The molecular formula is C78H68Al2F8N16O3Si2. The number of aromatic nitrogens is 4. The molecule has 0 N–H and O–H groups in total. The summed E-state index contributed by atoms with van der Waals surface area (Å²) in [5.41, 5.74) is 12.9. The second kappa shape index (κ2) is 33.1. The van der Waals surface area contributed by atoms with Crippen LogP contribution >= 0.6 is 0 Å². The van der Waals surface area contributed by atoms with Crippen LogP contribution in [0.3, 0.4) is 0 Å². The van der Waals surface area contributed by atoms with Gasteiger partial charge < -0.3 is 25.3 Å². The molecule has 12 aromatic rings. The number of alkyl halides is 8. The minimum atomic E-state index is -3.95. The average molecular weight is 1540 g/mol. The van der Waals surface area contributed by atoms with Gasteiger partial charge in [-0.3, -0.25) is 35.1 Å². The number of fused-ring (bicyclic) bond motifs is 28. The van der Waals surface area contributed by atoms with E-state index in [1.807, 2.05) is 170 Å². The molecule has 4 aromatic heterocycles. The molecule has 548 valence electrons. The van der Waals surface area contributed by atoms with Crippen LogP contribution in [0, 0.1) is 0 Å². The lowest BCUT2D eigenvalue weighted by molar-refractivity contribution is 0.336. The molecule has 0 radical (unpaired) electrons. The Balaban J connectivity index is 0.000000653. The molecule has 0 aliphatic carbocycles. The number of halogens is 8. The molecule has 19 nitrogen and oxygen atoms in total. The molecule has 109 heavy (non-hydrogen) atoms. The van der Waals surface area contributed by atoms with Gasteiger partial charge in [0.25, 0.3) is 0 Å². The van der Waals surface area contributed by atoms with Crippen molar-refractivity contribution in [2.75, 3.05) is 57.4 Å². The zero-order valence-electron chi connectivity index (χ0n) is 60.6. The Kier molecular flexibility index (Phi) is 23.5. The Labute approximate surface area is 632 Å². The largest absolute Gasteiger partial charge is 0.800 e. The highest BCUT2D eigenvalue weighted by molar-refractivity contribution is 6.89. The Bertz CT molecular complexity index is 5470. The lowest BCUT2D eigenvalue weighted by Gasteiger charge is -2.37. The van der Waals surface area contributed by atoms with Crippen LogP contribution in [0.15, 0.2) is 279 Å². The number of aliphatic imine (C=N–C) groups is 8. The van der Waals surface area contributed by atoms with Gasteiger partial charge in [-0.25, -0.2) is 59.9 Å². The monoisotopic (exact) mass is 1540 g/mol. The molecule has 0 saturated carbocycles. The molecule has 31 heteroatoms. The van der Waals surface area contributed by atoms with E-state index >= 15 is 0 Å². The van der Waals surface area contributed by atoms with Crippen LogP contribution in [-0.2, 0) is 11.1 Å². The highest BCUT2D eigenvalue weighted by atomic mass is 28.5. The van der Waals surface area contributed by atoms with E-state index < -0.39 is 47.0 Å². The van der Waals surface area contributed by atoms with Crippen LogP contribution in [0.5, 0.6) is 0 Å². The van der Waals surface area contributed by atoms with Crippen LogP contribution in [-0.4, -0.2) is 165 Å². The first kappa shape index (κ1) is 77.4. The van der Waals surface area contributed by atoms with Crippen LogP contribution in [0.25, 0.3) is 43.1 Å². The molecule has 0 amide bonds. The van der Waals surface area contributed by atoms with E-state index in [9.17, 15) is 35.1 Å². The molecule has 8 aliphatic rings. The second-order valence-corrected chi connectivity index (χ2v) is 34.7. The van der Waals surface area contributed by atoms with Crippen LogP contribution in [0.4, 0.5) is 58.4 Å². The van der Waals surface area contributed by atoms with E-state index in [0.717, 1.165) is 87.6 Å². The van der Waals surface area contributed by atoms with Gasteiger partial charge in [0.1, 0.15) is 45.2 Å². The van der Waals surface area contributed by atoms with Crippen molar-refractivity contribution in [3.8, 4) is 0 Å². The fourth-order valence-corrected chi connectivity index (χ4v) is 28.7. The highest BCUT2D eigenvalue weighted by Gasteiger charge is 2.53. The van der Waals surface area contributed by atoms with Gasteiger partial charge in [-0.15, -0.1) is 13.2 Å². The maximum absolute atomic E-state index is 9.50. The van der Waals surface area contributed by atoms with Gasteiger partial charge in [-0.2, -0.15) is 0 Å². The molecule has 8 aromatic carbocycles. The van der Waals surface area contributed by atoms with E-state index in [0.29, 0.717) is 149 Å². The first-order chi connectivity index (χ1) is 53.7. The summed E-state index contributed by atoms with van der Waals surface area (Å²) >= 11 is -7.13. The van der Waals surface area contributed by atoms with E-state index in [1.165, 1.54) is 0 Å². The standard InChI is InChI=1S/2C32H16N8.C6H12O3Si2.8CH3F.2Al/c2*1-2-10-18-17(9-1)25-33-26(18)38-28-21-13-5-6-14-22(21)30(35-28)40-32-24-16-8-7-15-23(24)31(36-32)39-29-20-12-4-3-11-19(20)27(34-29)37-25;1-5-10(3,7)9-11(4,8)6-2;8*1-2;;/h2*1-16H;5-6H,1-2H2,3-4H3;8*1H3;;/q3*-2;;;;;;;;;2*+3. The minimum absolute atomic E-state index is 0.500. The minimum Gasteiger partial charge on any atom is -0.486 e. The Morgan fingerprint density at radius 1 is 0.257 bits per heavy atom. The van der Waals surface area contributed by atoms with Crippen LogP contribution in [0.1, 0.15) is 44.5 Å². The summed E-state index contributed by atoms with van der Waals surface area (Å²) in [6, 6.07) is 65.3. The van der Waals surface area contributed by atoms with E-state index in [4.69, 9.17) is 71.0 Å². The molecule has 20 rings (SSSR count). The van der Waals surface area contributed by atoms with Crippen LogP contribution in [0.2, 0.25) is 13.1 Å². The Morgan fingerprint density at radius 3 is 0.624 bits per heavy atom. The quantitative estimate of drug-likeness (QED) is 0.108. The summed E-state index contributed by atoms with van der Waals surface area (Å²) in [7, 11) is -3.89. The summed E-state index contributed by atoms with van der Waals surface area (Å²) < 4.78 is 109. The van der Waals surface area contributed by atoms with Crippen LogP contribution < -0.4 is 22.0 Å². The summed E-state index contributed by atoms with van der Waals surface area (Å²) in [6.45, 7) is 13.3. The van der Waals surface area contributed by atoms with Gasteiger partial charge in [0.15, 0.2) is 46.7 Å². The van der Waals surface area contributed by atoms with Gasteiger partial charge in [-0.05, 0) is 13.1 Å². The third-order valence-corrected chi connectivity index (χ3v) is 32.2. The molecular weight excluding hydrogens is 1470 g/mol. The smallest absolute Gasteiger partial charge is 0.486 e. The normalized spacial score (nSPS) is 14.8. The summed E-state index contributed by atoms with van der Waals surface area (Å²) in [4.78, 5) is 66.0. The van der Waals surface area contributed by atoms with Crippen molar-refractivity contribution in [1.29, 1.82) is 0 Å². The summed E-state index contributed by atoms with van der Waals surface area (Å²) in [6.07, 6.45) is 0. The number of hydrogen-bond donors (Lipinski definition) is 0. The average Bonchev–Trinajstić information content (AvgIpc) is 1.56. The molecule has 12 bridgehead atoms. The third kappa shape index (κ3) is 13.0. The molecule has 0 spiro atoms. The van der Waals surface area contributed by atoms with Crippen molar-refractivity contribution in [1.82, 2.24) is 14.2 Å². The molecule has 2 unspecified atom stereocenters. The molecule has 8 aliphatic heterocycles. The van der Waals surface area contributed by atoms with Gasteiger partial charge in [0, 0.05) is 87.6 Å². The van der Waals surface area contributed by atoms with Crippen molar-refractivity contribution in [2.24, 2.45) is 59.9 Å². The summed E-state index contributed by atoms with van der Waals surface area (Å²) in [5, 5.41) is 6.72. The zero-order valence-corrected chi connectivity index (χ0v) is 64.9. The number of nitrogens with zero attached hydrogens (tertiary/aromatic N) is 16. The van der Waals surface area contributed by atoms with Gasteiger partial charge in [0.2, 0.25) is 0 Å². The molecule has 2 atom stereocenters. The number of rotatable bonds is 8. The molecule has 0 fully saturated rings. The highest BCUT2D eigenvalue weighted by Crippen LogP contribution is 2.45. The second-order valence-electron chi connectivity index (χ2n) is 23.8. The van der Waals surface area contributed by atoms with E-state index in [1.54, 1.807) is 0 Å². The Morgan fingerprint density at radius 2 is 0.431 bits per heavy atom. The number of hydrogen-bond acceptors (Lipinski definition) is 15. The van der Waals surface area contributed by atoms with Crippen molar-refractivity contribution in [3.05, 3.63) is 285 Å². The zero-order chi connectivity index (χ0) is 77.6. The molecule has 0 saturated heterocycles.